The van der Waals surface area contributed by atoms with Crippen LogP contribution in [0.5, 0.6) is 0 Å². The molecular weight excluding hydrogens is 282 g/mol. The second-order valence-electron chi connectivity index (χ2n) is 6.14. The quantitative estimate of drug-likeness (QED) is 0.776. The second-order valence-corrected chi connectivity index (χ2v) is 6.41. The van der Waals surface area contributed by atoms with Gasteiger partial charge in [0, 0.05) is 19.3 Å². The predicted octanol–water partition coefficient (Wildman–Crippen LogP) is 4.48. The van der Waals surface area contributed by atoms with Crippen LogP contribution in [0.15, 0.2) is 24.4 Å². The lowest BCUT2D eigenvalue weighted by molar-refractivity contribution is 0.199. The number of hydrogen-bond donors (Lipinski definition) is 0. The molecule has 0 saturated carbocycles. The Morgan fingerprint density at radius 2 is 1.90 bits per heavy atom. The van der Waals surface area contributed by atoms with Crippen molar-refractivity contribution in [2.75, 3.05) is 18.0 Å². The monoisotopic (exact) mass is 305 g/mol. The van der Waals surface area contributed by atoms with Crippen molar-refractivity contribution in [1.82, 2.24) is 9.38 Å². The molecule has 1 aliphatic heterocycles. The topological polar surface area (TPSA) is 20.5 Å². The summed E-state index contributed by atoms with van der Waals surface area (Å²) in [6.45, 7) is 6.84. The second kappa shape index (κ2) is 5.88. The summed E-state index contributed by atoms with van der Waals surface area (Å²) >= 11 is 6.19. The molecule has 3 rings (SSSR count). The molecule has 114 valence electrons. The van der Waals surface area contributed by atoms with Crippen LogP contribution >= 0.6 is 11.6 Å². The molecule has 0 N–H and O–H groups in total. The Balaban J connectivity index is 1.88. The fourth-order valence-corrected chi connectivity index (χ4v) is 3.81. The molecule has 3 nitrogen and oxygen atoms in total. The zero-order chi connectivity index (χ0) is 14.9. The van der Waals surface area contributed by atoms with Gasteiger partial charge in [0.25, 0.3) is 0 Å². The minimum Gasteiger partial charge on any atom is -0.355 e. The first-order chi connectivity index (χ1) is 10.2. The summed E-state index contributed by atoms with van der Waals surface area (Å²) in [5.74, 6) is 1.58. The molecule has 0 amide bonds. The lowest BCUT2D eigenvalue weighted by atomic mass is 9.74. The van der Waals surface area contributed by atoms with E-state index < -0.39 is 0 Å². The van der Waals surface area contributed by atoms with Gasteiger partial charge in [0.1, 0.15) is 5.65 Å². The van der Waals surface area contributed by atoms with Crippen molar-refractivity contribution < 1.29 is 0 Å². The molecule has 0 aliphatic carbocycles. The molecule has 2 aromatic rings. The highest BCUT2D eigenvalue weighted by Crippen LogP contribution is 2.39. The zero-order valence-corrected chi connectivity index (χ0v) is 13.7. The minimum atomic E-state index is 0.504. The van der Waals surface area contributed by atoms with Gasteiger partial charge in [0.05, 0.1) is 11.6 Å². The number of anilines is 1. The summed E-state index contributed by atoms with van der Waals surface area (Å²) in [6.07, 6.45) is 7.14. The smallest absolute Gasteiger partial charge is 0.152 e. The van der Waals surface area contributed by atoms with Crippen molar-refractivity contribution in [3.8, 4) is 0 Å². The van der Waals surface area contributed by atoms with Gasteiger partial charge in [0.15, 0.2) is 5.82 Å². The van der Waals surface area contributed by atoms with Crippen LogP contribution in [0.1, 0.15) is 45.2 Å². The average Bonchev–Trinajstić information content (AvgIpc) is 2.93. The van der Waals surface area contributed by atoms with E-state index in [2.05, 4.69) is 29.3 Å². The van der Waals surface area contributed by atoms with E-state index in [4.69, 9.17) is 16.6 Å². The Morgan fingerprint density at radius 3 is 2.52 bits per heavy atom. The van der Waals surface area contributed by atoms with Gasteiger partial charge in [-0.1, -0.05) is 32.8 Å². The first kappa shape index (κ1) is 14.7. The van der Waals surface area contributed by atoms with E-state index in [9.17, 15) is 0 Å². The predicted molar refractivity (Wildman–Crippen MR) is 89.2 cm³/mol. The normalized spacial score (nSPS) is 18.3. The molecule has 0 bridgehead atoms. The van der Waals surface area contributed by atoms with Crippen molar-refractivity contribution in [2.24, 2.45) is 5.41 Å². The summed E-state index contributed by atoms with van der Waals surface area (Å²) in [6, 6.07) is 6.11. The van der Waals surface area contributed by atoms with Crippen LogP contribution in [0.2, 0.25) is 0 Å². The average molecular weight is 306 g/mol. The number of halogens is 1. The van der Waals surface area contributed by atoms with Crippen LogP contribution in [-0.2, 0) is 5.88 Å². The number of pyridine rings is 1. The van der Waals surface area contributed by atoms with Crippen molar-refractivity contribution in [3.05, 3.63) is 30.1 Å². The maximum Gasteiger partial charge on any atom is 0.152 e. The van der Waals surface area contributed by atoms with Gasteiger partial charge in [-0.25, -0.2) is 4.98 Å². The Labute approximate surface area is 131 Å². The van der Waals surface area contributed by atoms with Crippen LogP contribution in [0.4, 0.5) is 5.82 Å². The van der Waals surface area contributed by atoms with E-state index >= 15 is 0 Å². The van der Waals surface area contributed by atoms with Gasteiger partial charge in [-0.2, -0.15) is 0 Å². The number of nitrogens with zero attached hydrogens (tertiary/aromatic N) is 3. The number of rotatable bonds is 4. The van der Waals surface area contributed by atoms with E-state index in [1.54, 1.807) is 0 Å². The SMILES string of the molecule is CCC1(CC)CCN(c2nc3ccccn3c2CCl)CC1. The summed E-state index contributed by atoms with van der Waals surface area (Å²) in [5, 5.41) is 0. The molecule has 0 atom stereocenters. The highest BCUT2D eigenvalue weighted by Gasteiger charge is 2.32. The Bertz CT molecular complexity index is 606. The molecule has 0 radical (unpaired) electrons. The fraction of sp³-hybridized carbons (Fsp3) is 0.588. The summed E-state index contributed by atoms with van der Waals surface area (Å²) in [4.78, 5) is 7.24. The highest BCUT2D eigenvalue weighted by atomic mass is 35.5. The molecule has 21 heavy (non-hydrogen) atoms. The molecule has 0 unspecified atom stereocenters. The van der Waals surface area contributed by atoms with Crippen LogP contribution in [0.3, 0.4) is 0 Å². The number of piperidine rings is 1. The third kappa shape index (κ3) is 2.52. The number of aromatic nitrogens is 2. The summed E-state index contributed by atoms with van der Waals surface area (Å²) in [7, 11) is 0. The Morgan fingerprint density at radius 1 is 1.19 bits per heavy atom. The third-order valence-corrected chi connectivity index (χ3v) is 5.61. The molecule has 4 heteroatoms. The van der Waals surface area contributed by atoms with Gasteiger partial charge in [-0.15, -0.1) is 11.6 Å². The molecular formula is C17H24ClN3. The van der Waals surface area contributed by atoms with Gasteiger partial charge in [-0.3, -0.25) is 0 Å². The maximum atomic E-state index is 6.19. The van der Waals surface area contributed by atoms with Gasteiger partial charge < -0.3 is 9.30 Å². The first-order valence-corrected chi connectivity index (χ1v) is 8.53. The molecule has 0 spiro atoms. The maximum absolute atomic E-state index is 6.19. The lowest BCUT2D eigenvalue weighted by Crippen LogP contribution is -2.40. The van der Waals surface area contributed by atoms with Crippen molar-refractivity contribution in [2.45, 2.75) is 45.4 Å². The van der Waals surface area contributed by atoms with Crippen molar-refractivity contribution in [3.63, 3.8) is 0 Å². The summed E-state index contributed by atoms with van der Waals surface area (Å²) in [5.41, 5.74) is 2.65. The minimum absolute atomic E-state index is 0.504. The van der Waals surface area contributed by atoms with Crippen molar-refractivity contribution in [1.29, 1.82) is 0 Å². The number of alkyl halides is 1. The Hall–Kier alpha value is -1.22. The number of imidazole rings is 1. The van der Waals surface area contributed by atoms with Gasteiger partial charge >= 0.3 is 0 Å². The molecule has 1 fully saturated rings. The molecule has 1 aliphatic rings. The van der Waals surface area contributed by atoms with E-state index in [-0.39, 0.29) is 0 Å². The van der Waals surface area contributed by atoms with Crippen LogP contribution < -0.4 is 4.90 Å². The van der Waals surface area contributed by atoms with Crippen LogP contribution in [0, 0.1) is 5.41 Å². The third-order valence-electron chi connectivity index (χ3n) is 5.36. The molecule has 1 saturated heterocycles. The lowest BCUT2D eigenvalue weighted by Gasteiger charge is -2.41. The van der Waals surface area contributed by atoms with E-state index in [0.717, 1.165) is 30.2 Å². The molecule has 3 heterocycles. The highest BCUT2D eigenvalue weighted by molar-refractivity contribution is 6.17. The largest absolute Gasteiger partial charge is 0.355 e. The first-order valence-electron chi connectivity index (χ1n) is 8.00. The van der Waals surface area contributed by atoms with Gasteiger partial charge in [0.2, 0.25) is 0 Å². The van der Waals surface area contributed by atoms with Crippen LogP contribution in [-0.4, -0.2) is 22.5 Å². The standard InChI is InChI=1S/C17H24ClN3/c1-3-17(4-2)8-11-20(12-9-17)16-14(13-18)21-10-6-5-7-15(21)19-16/h5-7,10H,3-4,8-9,11-13H2,1-2H3. The van der Waals surface area contributed by atoms with Gasteiger partial charge in [-0.05, 0) is 30.4 Å². The Kier molecular flexibility index (Phi) is 4.12. The molecule has 2 aromatic heterocycles. The van der Waals surface area contributed by atoms with Crippen LogP contribution in [0.25, 0.3) is 5.65 Å². The van der Waals surface area contributed by atoms with E-state index in [1.165, 1.54) is 25.7 Å². The zero-order valence-electron chi connectivity index (χ0n) is 13.0. The fourth-order valence-electron chi connectivity index (χ4n) is 3.56. The number of hydrogen-bond acceptors (Lipinski definition) is 2. The summed E-state index contributed by atoms with van der Waals surface area (Å²) < 4.78 is 2.11. The van der Waals surface area contributed by atoms with Crippen molar-refractivity contribution >= 4 is 23.1 Å². The number of fused-ring (bicyclic) bond motifs is 1. The van der Waals surface area contributed by atoms with E-state index in [1.807, 2.05) is 18.2 Å². The van der Waals surface area contributed by atoms with E-state index in [0.29, 0.717) is 11.3 Å². The molecule has 0 aromatic carbocycles.